The van der Waals surface area contributed by atoms with Crippen molar-refractivity contribution in [2.75, 3.05) is 24.3 Å². The molecule has 0 unspecified atom stereocenters. The van der Waals surface area contributed by atoms with Crippen molar-refractivity contribution in [1.29, 1.82) is 0 Å². The first-order chi connectivity index (χ1) is 10.3. The van der Waals surface area contributed by atoms with Crippen molar-refractivity contribution in [3.8, 4) is 5.75 Å². The molecule has 0 aliphatic heterocycles. The van der Waals surface area contributed by atoms with E-state index >= 15 is 0 Å². The summed E-state index contributed by atoms with van der Waals surface area (Å²) in [6.45, 7) is 5.89. The molecule has 6 heteroatoms. The molecule has 0 fully saturated rings. The lowest BCUT2D eigenvalue weighted by Crippen LogP contribution is -2.09. The second-order valence-corrected chi connectivity index (χ2v) is 5.61. The predicted molar refractivity (Wildman–Crippen MR) is 88.4 cm³/mol. The van der Waals surface area contributed by atoms with Crippen molar-refractivity contribution in [2.45, 2.75) is 33.2 Å². The monoisotopic (exact) mass is 306 g/mol. The van der Waals surface area contributed by atoms with E-state index in [4.69, 9.17) is 4.74 Å². The molecule has 2 aromatic rings. The van der Waals surface area contributed by atoms with Gasteiger partial charge < -0.3 is 15.4 Å². The van der Waals surface area contributed by atoms with Crippen LogP contribution in [-0.2, 0) is 13.0 Å². The normalized spacial score (nSPS) is 10.4. The molecule has 2 heterocycles. The van der Waals surface area contributed by atoms with Crippen LogP contribution in [0.1, 0.15) is 30.7 Å². The zero-order chi connectivity index (χ0) is 15.1. The summed E-state index contributed by atoms with van der Waals surface area (Å²) >= 11 is 1.76. The quantitative estimate of drug-likeness (QED) is 0.781. The minimum Gasteiger partial charge on any atom is -0.490 e. The average molecular weight is 306 g/mol. The van der Waals surface area contributed by atoms with Crippen LogP contribution in [0.15, 0.2) is 17.8 Å². The molecule has 2 rings (SSSR count). The minimum atomic E-state index is 0.667. The smallest absolute Gasteiger partial charge is 0.204 e. The van der Waals surface area contributed by atoms with Crippen molar-refractivity contribution in [3.63, 3.8) is 0 Å². The van der Waals surface area contributed by atoms with Gasteiger partial charge in [-0.1, -0.05) is 13.8 Å². The Balaban J connectivity index is 2.12. The average Bonchev–Trinajstić information content (AvgIpc) is 2.98. The number of rotatable bonds is 8. The lowest BCUT2D eigenvalue weighted by atomic mass is 10.2. The van der Waals surface area contributed by atoms with Crippen LogP contribution in [0.4, 0.5) is 11.6 Å². The molecule has 0 saturated carbocycles. The van der Waals surface area contributed by atoms with Crippen LogP contribution in [0.3, 0.4) is 0 Å². The standard InChI is InChI=1S/C15H22N4OS/c1-4-7-16-14-13(20-3)15(19-10-18-14)17-9-12-11(5-2)6-8-21-12/h6,8,10H,4-5,7,9H2,1-3H3,(H2,16,17,18,19). The Morgan fingerprint density at radius 1 is 1.19 bits per heavy atom. The first-order valence-electron chi connectivity index (χ1n) is 7.22. The molecule has 0 bridgehead atoms. The molecular weight excluding hydrogens is 284 g/mol. The number of hydrogen-bond donors (Lipinski definition) is 2. The second kappa shape index (κ2) is 7.83. The first kappa shape index (κ1) is 15.6. The number of aromatic nitrogens is 2. The maximum atomic E-state index is 5.45. The third-order valence-electron chi connectivity index (χ3n) is 3.19. The summed E-state index contributed by atoms with van der Waals surface area (Å²) in [5, 5.41) is 8.74. The zero-order valence-electron chi connectivity index (χ0n) is 12.8. The number of aryl methyl sites for hydroxylation is 1. The molecular formula is C15H22N4OS. The van der Waals surface area contributed by atoms with E-state index in [1.54, 1.807) is 24.8 Å². The molecule has 2 N–H and O–H groups in total. The summed E-state index contributed by atoms with van der Waals surface area (Å²) < 4.78 is 5.45. The highest BCUT2D eigenvalue weighted by Gasteiger charge is 2.12. The van der Waals surface area contributed by atoms with Gasteiger partial charge in [-0.2, -0.15) is 0 Å². The molecule has 21 heavy (non-hydrogen) atoms. The van der Waals surface area contributed by atoms with Gasteiger partial charge >= 0.3 is 0 Å². The van der Waals surface area contributed by atoms with Gasteiger partial charge in [0.15, 0.2) is 11.6 Å². The molecule has 0 aromatic carbocycles. The minimum absolute atomic E-state index is 0.667. The summed E-state index contributed by atoms with van der Waals surface area (Å²) in [5.74, 6) is 2.13. The molecule has 0 amide bonds. The number of anilines is 2. The fourth-order valence-corrected chi connectivity index (χ4v) is 2.98. The van der Waals surface area contributed by atoms with E-state index in [2.05, 4.69) is 45.9 Å². The Morgan fingerprint density at radius 3 is 2.62 bits per heavy atom. The van der Waals surface area contributed by atoms with Gasteiger partial charge in [0, 0.05) is 11.4 Å². The van der Waals surface area contributed by atoms with Gasteiger partial charge in [-0.25, -0.2) is 9.97 Å². The molecule has 0 radical (unpaired) electrons. The van der Waals surface area contributed by atoms with E-state index in [9.17, 15) is 0 Å². The van der Waals surface area contributed by atoms with Crippen LogP contribution >= 0.6 is 11.3 Å². The molecule has 0 aliphatic carbocycles. The van der Waals surface area contributed by atoms with Gasteiger partial charge in [0.2, 0.25) is 5.75 Å². The molecule has 5 nitrogen and oxygen atoms in total. The van der Waals surface area contributed by atoms with Crippen LogP contribution < -0.4 is 15.4 Å². The number of nitrogens with zero attached hydrogens (tertiary/aromatic N) is 2. The Bertz CT molecular complexity index is 571. The Labute approximate surface area is 129 Å². The Morgan fingerprint density at radius 2 is 1.95 bits per heavy atom. The van der Waals surface area contributed by atoms with Crippen LogP contribution in [0.5, 0.6) is 5.75 Å². The van der Waals surface area contributed by atoms with E-state index < -0.39 is 0 Å². The highest BCUT2D eigenvalue weighted by molar-refractivity contribution is 7.10. The summed E-state index contributed by atoms with van der Waals surface area (Å²) in [6.07, 6.45) is 3.63. The zero-order valence-corrected chi connectivity index (χ0v) is 13.6. The van der Waals surface area contributed by atoms with E-state index in [0.29, 0.717) is 5.75 Å². The van der Waals surface area contributed by atoms with Crippen LogP contribution in [0, 0.1) is 0 Å². The number of methoxy groups -OCH3 is 1. The molecule has 2 aromatic heterocycles. The van der Waals surface area contributed by atoms with E-state index in [-0.39, 0.29) is 0 Å². The van der Waals surface area contributed by atoms with Gasteiger partial charge in [0.1, 0.15) is 6.33 Å². The SMILES string of the molecule is CCCNc1ncnc(NCc2sccc2CC)c1OC. The van der Waals surface area contributed by atoms with Gasteiger partial charge in [-0.3, -0.25) is 0 Å². The maximum absolute atomic E-state index is 5.45. The van der Waals surface area contributed by atoms with Crippen molar-refractivity contribution >= 4 is 23.0 Å². The largest absolute Gasteiger partial charge is 0.490 e. The molecule has 0 spiro atoms. The van der Waals surface area contributed by atoms with Gasteiger partial charge in [-0.15, -0.1) is 11.3 Å². The van der Waals surface area contributed by atoms with Gasteiger partial charge in [0.05, 0.1) is 13.7 Å². The number of nitrogens with one attached hydrogen (secondary N) is 2. The lowest BCUT2D eigenvalue weighted by molar-refractivity contribution is 0.414. The van der Waals surface area contributed by atoms with Crippen LogP contribution in [0.2, 0.25) is 0 Å². The summed E-state index contributed by atoms with van der Waals surface area (Å²) in [7, 11) is 1.64. The Kier molecular flexibility index (Phi) is 5.80. The van der Waals surface area contributed by atoms with Crippen molar-refractivity contribution in [2.24, 2.45) is 0 Å². The van der Waals surface area contributed by atoms with Crippen molar-refractivity contribution < 1.29 is 4.74 Å². The fourth-order valence-electron chi connectivity index (χ4n) is 2.06. The maximum Gasteiger partial charge on any atom is 0.204 e. The van der Waals surface area contributed by atoms with E-state index in [1.807, 2.05) is 0 Å². The summed E-state index contributed by atoms with van der Waals surface area (Å²) in [5.41, 5.74) is 1.38. The first-order valence-corrected chi connectivity index (χ1v) is 8.10. The topological polar surface area (TPSA) is 59.1 Å². The fraction of sp³-hybridized carbons (Fsp3) is 0.467. The van der Waals surface area contributed by atoms with Crippen LogP contribution in [0.25, 0.3) is 0 Å². The van der Waals surface area contributed by atoms with Gasteiger partial charge in [0.25, 0.3) is 0 Å². The molecule has 0 aliphatic rings. The van der Waals surface area contributed by atoms with Crippen molar-refractivity contribution in [3.05, 3.63) is 28.2 Å². The number of ether oxygens (including phenoxy) is 1. The second-order valence-electron chi connectivity index (χ2n) is 4.61. The number of thiophene rings is 1. The van der Waals surface area contributed by atoms with E-state index in [1.165, 1.54) is 10.4 Å². The highest BCUT2D eigenvalue weighted by Crippen LogP contribution is 2.29. The van der Waals surface area contributed by atoms with Crippen molar-refractivity contribution in [1.82, 2.24) is 9.97 Å². The summed E-state index contributed by atoms with van der Waals surface area (Å²) in [4.78, 5) is 9.87. The lowest BCUT2D eigenvalue weighted by Gasteiger charge is -2.14. The van der Waals surface area contributed by atoms with E-state index in [0.717, 1.165) is 37.6 Å². The van der Waals surface area contributed by atoms with Crippen LogP contribution in [-0.4, -0.2) is 23.6 Å². The molecule has 0 atom stereocenters. The van der Waals surface area contributed by atoms with Gasteiger partial charge in [-0.05, 0) is 29.9 Å². The Hall–Kier alpha value is -1.82. The third-order valence-corrected chi connectivity index (χ3v) is 4.15. The highest BCUT2D eigenvalue weighted by atomic mass is 32.1. The number of hydrogen-bond acceptors (Lipinski definition) is 6. The molecule has 114 valence electrons. The summed E-state index contributed by atoms with van der Waals surface area (Å²) in [6, 6.07) is 2.17. The molecule has 0 saturated heterocycles. The predicted octanol–water partition coefficient (Wildman–Crippen LogP) is 3.54. The third kappa shape index (κ3) is 3.85.